The molecule has 1 saturated heterocycles. The van der Waals surface area contributed by atoms with Gasteiger partial charge in [-0.2, -0.15) is 0 Å². The summed E-state index contributed by atoms with van der Waals surface area (Å²) >= 11 is 0. The number of methoxy groups -OCH3 is 1. The first-order chi connectivity index (χ1) is 7.86. The smallest absolute Gasteiger partial charge is 0.185 e. The molecule has 3 heteroatoms. The number of hydrogen-bond acceptors (Lipinski definition) is 3. The van der Waals surface area contributed by atoms with Crippen molar-refractivity contribution >= 4 is 0 Å². The molecule has 1 aliphatic rings. The van der Waals surface area contributed by atoms with Crippen LogP contribution >= 0.6 is 0 Å². The summed E-state index contributed by atoms with van der Waals surface area (Å²) < 4.78 is 16.3. The summed E-state index contributed by atoms with van der Waals surface area (Å²) in [5.41, 5.74) is 1.57. The van der Waals surface area contributed by atoms with Crippen LogP contribution in [0.3, 0.4) is 0 Å². The Balaban J connectivity index is 2.35. The Kier molecular flexibility index (Phi) is 3.45. The van der Waals surface area contributed by atoms with Gasteiger partial charge in [-0.1, -0.05) is 18.1 Å². The van der Waals surface area contributed by atoms with E-state index < -0.39 is 0 Å². The number of rotatable bonds is 2. The van der Waals surface area contributed by atoms with Crippen LogP contribution < -0.4 is 4.74 Å². The van der Waals surface area contributed by atoms with Gasteiger partial charge in [0.25, 0.3) is 0 Å². The second kappa shape index (κ2) is 5.02. The van der Waals surface area contributed by atoms with Gasteiger partial charge in [0.1, 0.15) is 5.75 Å². The van der Waals surface area contributed by atoms with E-state index in [0.717, 1.165) is 12.0 Å². The Bertz CT molecular complexity index is 400. The molecule has 2 rings (SSSR count). The summed E-state index contributed by atoms with van der Waals surface area (Å²) in [6.07, 6.45) is 6.05. The van der Waals surface area contributed by atoms with Gasteiger partial charge in [0, 0.05) is 5.56 Å². The highest BCUT2D eigenvalue weighted by atomic mass is 16.7. The molecule has 0 atom stereocenters. The molecule has 1 fully saturated rings. The predicted molar refractivity (Wildman–Crippen MR) is 60.2 cm³/mol. The standard InChI is InChI=1S/C13H14O3/c1-3-10-11(6-4-7-12(10)14-2)13-15-8-5-9-16-13/h1,4,6-7,13H,5,8-9H2,2H3. The first kappa shape index (κ1) is 11.0. The zero-order valence-corrected chi connectivity index (χ0v) is 9.23. The molecule has 0 aliphatic carbocycles. The van der Waals surface area contributed by atoms with Crippen molar-refractivity contribution in [1.82, 2.24) is 0 Å². The molecule has 1 heterocycles. The van der Waals surface area contributed by atoms with Crippen LogP contribution in [0.15, 0.2) is 18.2 Å². The van der Waals surface area contributed by atoms with Crippen molar-refractivity contribution in [2.75, 3.05) is 20.3 Å². The number of benzene rings is 1. The van der Waals surface area contributed by atoms with Crippen LogP contribution in [0.4, 0.5) is 0 Å². The summed E-state index contributed by atoms with van der Waals surface area (Å²) in [4.78, 5) is 0. The first-order valence-electron chi connectivity index (χ1n) is 5.23. The molecule has 0 amide bonds. The minimum Gasteiger partial charge on any atom is -0.495 e. The van der Waals surface area contributed by atoms with E-state index in [1.165, 1.54) is 0 Å². The summed E-state index contributed by atoms with van der Waals surface area (Å²) in [6.45, 7) is 1.40. The monoisotopic (exact) mass is 218 g/mol. The lowest BCUT2D eigenvalue weighted by Crippen LogP contribution is -2.18. The van der Waals surface area contributed by atoms with Crippen molar-refractivity contribution in [1.29, 1.82) is 0 Å². The minimum absolute atomic E-state index is 0.366. The zero-order chi connectivity index (χ0) is 11.4. The number of terminal acetylenes is 1. The van der Waals surface area contributed by atoms with Gasteiger partial charge >= 0.3 is 0 Å². The summed E-state index contributed by atoms with van der Waals surface area (Å²) in [5, 5.41) is 0. The van der Waals surface area contributed by atoms with Crippen LogP contribution in [0.2, 0.25) is 0 Å². The van der Waals surface area contributed by atoms with Crippen LogP contribution in [0.1, 0.15) is 23.8 Å². The van der Waals surface area contributed by atoms with E-state index in [4.69, 9.17) is 20.6 Å². The van der Waals surface area contributed by atoms with Crippen LogP contribution in [0, 0.1) is 12.3 Å². The van der Waals surface area contributed by atoms with Gasteiger partial charge in [-0.15, -0.1) is 6.42 Å². The van der Waals surface area contributed by atoms with E-state index in [1.807, 2.05) is 18.2 Å². The second-order valence-corrected chi connectivity index (χ2v) is 3.50. The molecule has 16 heavy (non-hydrogen) atoms. The lowest BCUT2D eigenvalue weighted by atomic mass is 10.1. The molecule has 1 aromatic rings. The fourth-order valence-corrected chi connectivity index (χ4v) is 1.74. The molecule has 0 unspecified atom stereocenters. The lowest BCUT2D eigenvalue weighted by Gasteiger charge is -2.24. The normalized spacial score (nSPS) is 16.8. The van der Waals surface area contributed by atoms with Gasteiger partial charge in [-0.3, -0.25) is 0 Å². The minimum atomic E-state index is -0.366. The Hall–Kier alpha value is -1.50. The van der Waals surface area contributed by atoms with Crippen molar-refractivity contribution in [3.05, 3.63) is 29.3 Å². The zero-order valence-electron chi connectivity index (χ0n) is 9.23. The van der Waals surface area contributed by atoms with E-state index in [9.17, 15) is 0 Å². The molecule has 1 aromatic carbocycles. The Morgan fingerprint density at radius 2 is 2.12 bits per heavy atom. The highest BCUT2D eigenvalue weighted by Gasteiger charge is 2.20. The molecule has 3 nitrogen and oxygen atoms in total. The second-order valence-electron chi connectivity index (χ2n) is 3.50. The topological polar surface area (TPSA) is 27.7 Å². The third kappa shape index (κ3) is 2.04. The third-order valence-electron chi connectivity index (χ3n) is 2.50. The van der Waals surface area contributed by atoms with Gasteiger partial charge in [0.05, 0.1) is 25.9 Å². The van der Waals surface area contributed by atoms with E-state index in [2.05, 4.69) is 5.92 Å². The quantitative estimate of drug-likeness (QED) is 0.711. The molecule has 84 valence electrons. The lowest BCUT2D eigenvalue weighted by molar-refractivity contribution is -0.183. The van der Waals surface area contributed by atoms with Crippen molar-refractivity contribution in [2.45, 2.75) is 12.7 Å². The summed E-state index contributed by atoms with van der Waals surface area (Å²) in [7, 11) is 1.60. The van der Waals surface area contributed by atoms with Gasteiger partial charge in [-0.25, -0.2) is 0 Å². The van der Waals surface area contributed by atoms with Crippen molar-refractivity contribution < 1.29 is 14.2 Å². The van der Waals surface area contributed by atoms with E-state index in [1.54, 1.807) is 7.11 Å². The van der Waals surface area contributed by atoms with E-state index in [-0.39, 0.29) is 6.29 Å². The Morgan fingerprint density at radius 3 is 2.75 bits per heavy atom. The maximum absolute atomic E-state index is 5.53. The molecule has 0 bridgehead atoms. The third-order valence-corrected chi connectivity index (χ3v) is 2.50. The highest BCUT2D eigenvalue weighted by molar-refractivity contribution is 5.51. The van der Waals surface area contributed by atoms with E-state index in [0.29, 0.717) is 24.5 Å². The van der Waals surface area contributed by atoms with Crippen molar-refractivity contribution in [2.24, 2.45) is 0 Å². The van der Waals surface area contributed by atoms with Crippen molar-refractivity contribution in [3.8, 4) is 18.1 Å². The average Bonchev–Trinajstić information content (AvgIpc) is 2.38. The molecule has 0 spiro atoms. The Morgan fingerprint density at radius 1 is 1.38 bits per heavy atom. The maximum atomic E-state index is 5.53. The molecular weight excluding hydrogens is 204 g/mol. The van der Waals surface area contributed by atoms with Crippen LogP contribution in [0.5, 0.6) is 5.75 Å². The first-order valence-corrected chi connectivity index (χ1v) is 5.23. The maximum Gasteiger partial charge on any atom is 0.185 e. The van der Waals surface area contributed by atoms with Crippen LogP contribution in [-0.4, -0.2) is 20.3 Å². The molecular formula is C13H14O3. The summed E-state index contributed by atoms with van der Waals surface area (Å²) in [6, 6.07) is 5.63. The van der Waals surface area contributed by atoms with Gasteiger partial charge in [0.15, 0.2) is 6.29 Å². The summed E-state index contributed by atoms with van der Waals surface area (Å²) in [5.74, 6) is 3.31. The molecule has 0 N–H and O–H groups in total. The molecule has 0 radical (unpaired) electrons. The van der Waals surface area contributed by atoms with Gasteiger partial charge in [0.2, 0.25) is 0 Å². The largest absolute Gasteiger partial charge is 0.495 e. The Labute approximate surface area is 95.3 Å². The molecule has 1 aliphatic heterocycles. The predicted octanol–water partition coefficient (Wildman–Crippen LogP) is 2.11. The fourth-order valence-electron chi connectivity index (χ4n) is 1.74. The van der Waals surface area contributed by atoms with Crippen LogP contribution in [-0.2, 0) is 9.47 Å². The number of ether oxygens (including phenoxy) is 3. The van der Waals surface area contributed by atoms with Gasteiger partial charge in [-0.05, 0) is 12.5 Å². The van der Waals surface area contributed by atoms with Crippen molar-refractivity contribution in [3.63, 3.8) is 0 Å². The SMILES string of the molecule is C#Cc1c(OC)cccc1C1OCCCO1. The fraction of sp³-hybridized carbons (Fsp3) is 0.385. The average molecular weight is 218 g/mol. The van der Waals surface area contributed by atoms with E-state index >= 15 is 0 Å². The molecule has 0 aromatic heterocycles. The van der Waals surface area contributed by atoms with Gasteiger partial charge < -0.3 is 14.2 Å². The molecule has 0 saturated carbocycles. The van der Waals surface area contributed by atoms with Crippen LogP contribution in [0.25, 0.3) is 0 Å². The highest BCUT2D eigenvalue weighted by Crippen LogP contribution is 2.30. The number of hydrogen-bond donors (Lipinski definition) is 0.